The van der Waals surface area contributed by atoms with Gasteiger partial charge in [-0.15, -0.1) is 0 Å². The van der Waals surface area contributed by atoms with E-state index >= 15 is 0 Å². The van der Waals surface area contributed by atoms with E-state index in [0.717, 1.165) is 37.9 Å². The zero-order chi connectivity index (χ0) is 16.9. The molecule has 0 aliphatic carbocycles. The number of nitrogens with one attached hydrogen (secondary N) is 1. The minimum atomic E-state index is -4.32. The van der Waals surface area contributed by atoms with E-state index < -0.39 is 11.7 Å². The molecule has 6 heteroatoms. The minimum absolute atomic E-state index is 0.121. The molecule has 1 N–H and O–H groups in total. The molecule has 0 radical (unpaired) electrons. The topological polar surface area (TPSA) is 32.3 Å². The molecule has 128 valence electrons. The standard InChI is InChI=1S/C17H23F3N2O/c1-2-15-5-3-4-12-22(15)16(23)10-11-21-14-8-6-13(7-9-14)17(18,19)20/h6-9,15,21H,2-5,10-12H2,1H3. The van der Waals surface area contributed by atoms with Crippen LogP contribution in [0.15, 0.2) is 24.3 Å². The molecular weight excluding hydrogens is 305 g/mol. The van der Waals surface area contributed by atoms with Gasteiger partial charge in [0, 0.05) is 31.2 Å². The molecule has 0 saturated carbocycles. The summed E-state index contributed by atoms with van der Waals surface area (Å²) >= 11 is 0. The maximum absolute atomic E-state index is 12.5. The van der Waals surface area contributed by atoms with Crippen molar-refractivity contribution in [3.63, 3.8) is 0 Å². The second kappa shape index (κ2) is 7.70. The smallest absolute Gasteiger partial charge is 0.385 e. The first kappa shape index (κ1) is 17.6. The number of anilines is 1. The van der Waals surface area contributed by atoms with Crippen molar-refractivity contribution >= 4 is 11.6 Å². The molecule has 23 heavy (non-hydrogen) atoms. The van der Waals surface area contributed by atoms with Crippen LogP contribution in [0.3, 0.4) is 0 Å². The van der Waals surface area contributed by atoms with Gasteiger partial charge in [-0.05, 0) is 49.9 Å². The molecule has 3 nitrogen and oxygen atoms in total. The first-order valence-electron chi connectivity index (χ1n) is 8.12. The lowest BCUT2D eigenvalue weighted by atomic mass is 9.99. The summed E-state index contributed by atoms with van der Waals surface area (Å²) in [6.45, 7) is 3.34. The fourth-order valence-electron chi connectivity index (χ4n) is 2.99. The first-order valence-corrected chi connectivity index (χ1v) is 8.12. The normalized spacial score (nSPS) is 18.8. The maximum atomic E-state index is 12.5. The average molecular weight is 328 g/mol. The van der Waals surface area contributed by atoms with Crippen LogP contribution in [0.1, 0.15) is 44.6 Å². The van der Waals surface area contributed by atoms with Crippen LogP contribution in [0.2, 0.25) is 0 Å². The summed E-state index contributed by atoms with van der Waals surface area (Å²) in [5, 5.41) is 3.01. The Morgan fingerprint density at radius 2 is 1.96 bits per heavy atom. The number of piperidine rings is 1. The lowest BCUT2D eigenvalue weighted by Crippen LogP contribution is -2.43. The Kier molecular flexibility index (Phi) is 5.91. The average Bonchev–Trinajstić information content (AvgIpc) is 2.54. The summed E-state index contributed by atoms with van der Waals surface area (Å²) in [5.74, 6) is 0.121. The van der Waals surface area contributed by atoms with Gasteiger partial charge in [-0.3, -0.25) is 4.79 Å². The first-order chi connectivity index (χ1) is 10.9. The molecule has 1 amide bonds. The van der Waals surface area contributed by atoms with Gasteiger partial charge in [-0.25, -0.2) is 0 Å². The Morgan fingerprint density at radius 3 is 2.57 bits per heavy atom. The fraction of sp³-hybridized carbons (Fsp3) is 0.588. The molecule has 2 rings (SSSR count). The molecule has 1 fully saturated rings. The lowest BCUT2D eigenvalue weighted by molar-refractivity contribution is -0.137. The summed E-state index contributed by atoms with van der Waals surface area (Å²) in [6.07, 6.45) is 0.294. The number of benzene rings is 1. The van der Waals surface area contributed by atoms with Crippen molar-refractivity contribution in [2.75, 3.05) is 18.4 Å². The predicted octanol–water partition coefficient (Wildman–Crippen LogP) is 4.30. The number of likely N-dealkylation sites (tertiary alicyclic amines) is 1. The summed E-state index contributed by atoms with van der Waals surface area (Å²) in [7, 11) is 0. The van der Waals surface area contributed by atoms with E-state index in [1.165, 1.54) is 18.6 Å². The van der Waals surface area contributed by atoms with E-state index in [2.05, 4.69) is 12.2 Å². The van der Waals surface area contributed by atoms with E-state index in [-0.39, 0.29) is 5.91 Å². The summed E-state index contributed by atoms with van der Waals surface area (Å²) < 4.78 is 37.4. The largest absolute Gasteiger partial charge is 0.416 e. The maximum Gasteiger partial charge on any atom is 0.416 e. The fourth-order valence-corrected chi connectivity index (χ4v) is 2.99. The van der Waals surface area contributed by atoms with Crippen molar-refractivity contribution < 1.29 is 18.0 Å². The summed E-state index contributed by atoms with van der Waals surface area (Å²) in [5.41, 5.74) is -0.0743. The van der Waals surface area contributed by atoms with Gasteiger partial charge in [0.15, 0.2) is 0 Å². The van der Waals surface area contributed by atoms with Gasteiger partial charge in [0.2, 0.25) is 5.91 Å². The van der Waals surface area contributed by atoms with Gasteiger partial charge < -0.3 is 10.2 Å². The van der Waals surface area contributed by atoms with Crippen molar-refractivity contribution in [1.29, 1.82) is 0 Å². The third kappa shape index (κ3) is 4.88. The summed E-state index contributed by atoms with van der Waals surface area (Å²) in [6, 6.07) is 5.21. The molecular formula is C17H23F3N2O. The lowest BCUT2D eigenvalue weighted by Gasteiger charge is -2.35. The number of rotatable bonds is 5. The number of hydrogen-bond donors (Lipinski definition) is 1. The van der Waals surface area contributed by atoms with Gasteiger partial charge in [0.1, 0.15) is 0 Å². The molecule has 1 aliphatic heterocycles. The van der Waals surface area contributed by atoms with Crippen LogP contribution >= 0.6 is 0 Å². The Bertz CT molecular complexity index is 514. The molecule has 1 atom stereocenters. The van der Waals surface area contributed by atoms with Crippen LogP contribution in [0.4, 0.5) is 18.9 Å². The molecule has 0 aromatic heterocycles. The zero-order valence-corrected chi connectivity index (χ0v) is 13.3. The zero-order valence-electron chi connectivity index (χ0n) is 13.3. The molecule has 1 saturated heterocycles. The third-order valence-electron chi connectivity index (χ3n) is 4.30. The molecule has 0 spiro atoms. The third-order valence-corrected chi connectivity index (χ3v) is 4.30. The van der Waals surface area contributed by atoms with Crippen molar-refractivity contribution in [2.24, 2.45) is 0 Å². The van der Waals surface area contributed by atoms with Crippen LogP contribution in [0.5, 0.6) is 0 Å². The molecule has 1 unspecified atom stereocenters. The minimum Gasteiger partial charge on any atom is -0.385 e. The number of carbonyl (C=O) groups excluding carboxylic acids is 1. The van der Waals surface area contributed by atoms with Crippen molar-refractivity contribution in [1.82, 2.24) is 4.90 Å². The van der Waals surface area contributed by atoms with E-state index in [1.54, 1.807) is 0 Å². The Morgan fingerprint density at radius 1 is 1.26 bits per heavy atom. The Balaban J connectivity index is 1.81. The molecule has 1 aliphatic rings. The van der Waals surface area contributed by atoms with Gasteiger partial charge in [-0.1, -0.05) is 6.92 Å². The van der Waals surface area contributed by atoms with Crippen LogP contribution in [0.25, 0.3) is 0 Å². The second-order valence-corrected chi connectivity index (χ2v) is 5.90. The SMILES string of the molecule is CCC1CCCCN1C(=O)CCNc1ccc(C(F)(F)F)cc1. The van der Waals surface area contributed by atoms with Crippen LogP contribution in [0, 0.1) is 0 Å². The Hall–Kier alpha value is -1.72. The van der Waals surface area contributed by atoms with Crippen molar-refractivity contribution in [2.45, 2.75) is 51.2 Å². The molecule has 1 aromatic carbocycles. The highest BCUT2D eigenvalue weighted by atomic mass is 19.4. The number of amides is 1. The quantitative estimate of drug-likeness (QED) is 0.874. The Labute approximate surface area is 134 Å². The van der Waals surface area contributed by atoms with Crippen LogP contribution in [-0.4, -0.2) is 29.9 Å². The summed E-state index contributed by atoms with van der Waals surface area (Å²) in [4.78, 5) is 14.2. The highest BCUT2D eigenvalue weighted by Gasteiger charge is 2.30. The van der Waals surface area contributed by atoms with E-state index in [0.29, 0.717) is 24.7 Å². The van der Waals surface area contributed by atoms with Crippen molar-refractivity contribution in [3.8, 4) is 0 Å². The number of hydrogen-bond acceptors (Lipinski definition) is 2. The van der Waals surface area contributed by atoms with Crippen LogP contribution < -0.4 is 5.32 Å². The van der Waals surface area contributed by atoms with E-state index in [9.17, 15) is 18.0 Å². The number of alkyl halides is 3. The molecule has 1 heterocycles. The van der Waals surface area contributed by atoms with Gasteiger partial charge in [0.05, 0.1) is 5.56 Å². The number of nitrogens with zero attached hydrogens (tertiary/aromatic N) is 1. The molecule has 0 bridgehead atoms. The second-order valence-electron chi connectivity index (χ2n) is 5.90. The van der Waals surface area contributed by atoms with Gasteiger partial charge >= 0.3 is 6.18 Å². The predicted molar refractivity (Wildman–Crippen MR) is 84.2 cm³/mol. The highest BCUT2D eigenvalue weighted by Crippen LogP contribution is 2.29. The number of carbonyl (C=O) groups is 1. The number of halogens is 3. The van der Waals surface area contributed by atoms with Crippen molar-refractivity contribution in [3.05, 3.63) is 29.8 Å². The monoisotopic (exact) mass is 328 g/mol. The van der Waals surface area contributed by atoms with Crippen LogP contribution in [-0.2, 0) is 11.0 Å². The van der Waals surface area contributed by atoms with Gasteiger partial charge in [-0.2, -0.15) is 13.2 Å². The van der Waals surface area contributed by atoms with E-state index in [1.807, 2.05) is 4.90 Å². The highest BCUT2D eigenvalue weighted by molar-refractivity contribution is 5.77. The van der Waals surface area contributed by atoms with Gasteiger partial charge in [0.25, 0.3) is 0 Å². The van der Waals surface area contributed by atoms with E-state index in [4.69, 9.17) is 0 Å². The molecule has 1 aromatic rings.